The summed E-state index contributed by atoms with van der Waals surface area (Å²) >= 11 is 1.21. The first-order valence-corrected chi connectivity index (χ1v) is 12.7. The zero-order valence-corrected chi connectivity index (χ0v) is 21.7. The number of amides is 2. The smallest absolute Gasteiger partial charge is 0.337 e. The summed E-state index contributed by atoms with van der Waals surface area (Å²) in [6.45, 7) is 0.366. The van der Waals surface area contributed by atoms with Crippen molar-refractivity contribution in [2.45, 2.75) is 18.1 Å². The van der Waals surface area contributed by atoms with Crippen molar-refractivity contribution >= 4 is 46.1 Å². The van der Waals surface area contributed by atoms with Crippen molar-refractivity contribution in [1.82, 2.24) is 4.90 Å². The van der Waals surface area contributed by atoms with Crippen LogP contribution in [0.25, 0.3) is 0 Å². The fraction of sp³-hybridized carbons (Fsp3) is 0.214. The number of hydrogen-bond acceptors (Lipinski definition) is 7. The van der Waals surface area contributed by atoms with Crippen LogP contribution < -0.4 is 10.1 Å². The molecule has 2 amide bonds. The number of aliphatic imine (C=N–C) groups is 1. The van der Waals surface area contributed by atoms with Gasteiger partial charge < -0.3 is 14.8 Å². The van der Waals surface area contributed by atoms with E-state index in [1.807, 2.05) is 24.3 Å². The third-order valence-corrected chi connectivity index (χ3v) is 6.99. The number of amidine groups is 1. The second-order valence-corrected chi connectivity index (χ2v) is 9.56. The van der Waals surface area contributed by atoms with Crippen LogP contribution in [0.2, 0.25) is 0 Å². The Morgan fingerprint density at radius 3 is 2.32 bits per heavy atom. The van der Waals surface area contributed by atoms with Gasteiger partial charge in [0.1, 0.15) is 16.8 Å². The number of benzene rings is 3. The Bertz CT molecular complexity index is 1330. The van der Waals surface area contributed by atoms with Gasteiger partial charge in [-0.15, -0.1) is 0 Å². The van der Waals surface area contributed by atoms with Gasteiger partial charge >= 0.3 is 5.97 Å². The Balaban J connectivity index is 1.46. The Morgan fingerprint density at radius 1 is 1.00 bits per heavy atom. The maximum atomic E-state index is 13.4. The Labute approximate surface area is 223 Å². The molecule has 0 unspecified atom stereocenters. The van der Waals surface area contributed by atoms with Crippen molar-refractivity contribution in [3.63, 3.8) is 0 Å². The van der Waals surface area contributed by atoms with E-state index in [2.05, 4.69) is 15.0 Å². The molecule has 0 aromatic heterocycles. The van der Waals surface area contributed by atoms with Crippen molar-refractivity contribution in [2.75, 3.05) is 26.1 Å². The van der Waals surface area contributed by atoms with Gasteiger partial charge in [-0.05, 0) is 72.6 Å². The third-order valence-electron chi connectivity index (χ3n) is 5.82. The molecule has 196 valence electrons. The Kier molecular flexibility index (Phi) is 8.75. The largest absolute Gasteiger partial charge is 0.497 e. The van der Waals surface area contributed by atoms with Gasteiger partial charge in [0.2, 0.25) is 11.8 Å². The van der Waals surface area contributed by atoms with E-state index in [1.54, 1.807) is 36.3 Å². The summed E-state index contributed by atoms with van der Waals surface area (Å²) in [5.41, 5.74) is 2.38. The van der Waals surface area contributed by atoms with Crippen molar-refractivity contribution in [3.05, 3.63) is 89.7 Å². The lowest BCUT2D eigenvalue weighted by molar-refractivity contribution is -0.128. The molecule has 3 aromatic rings. The first-order chi connectivity index (χ1) is 18.4. The molecule has 0 radical (unpaired) electrons. The van der Waals surface area contributed by atoms with Crippen molar-refractivity contribution in [3.8, 4) is 5.75 Å². The summed E-state index contributed by atoms with van der Waals surface area (Å²) in [6, 6.07) is 19.5. The van der Waals surface area contributed by atoms with E-state index in [0.717, 1.165) is 11.3 Å². The molecule has 1 saturated heterocycles. The molecule has 0 bridgehead atoms. The average Bonchev–Trinajstić information content (AvgIpc) is 3.22. The SMILES string of the molecule is COC(=O)c1ccc(NC(=O)C[C@@H]2SC(=Nc3ccc(F)cc3)N(CCc3ccc(OC)cc3)C2=O)cc1. The average molecular weight is 536 g/mol. The number of nitrogens with one attached hydrogen (secondary N) is 1. The van der Waals surface area contributed by atoms with Crippen LogP contribution >= 0.6 is 11.8 Å². The van der Waals surface area contributed by atoms with E-state index in [1.165, 1.54) is 43.1 Å². The monoisotopic (exact) mass is 535 g/mol. The van der Waals surface area contributed by atoms with Crippen molar-refractivity contribution in [2.24, 2.45) is 4.99 Å². The zero-order valence-electron chi connectivity index (χ0n) is 20.8. The molecule has 0 saturated carbocycles. The minimum Gasteiger partial charge on any atom is -0.497 e. The van der Waals surface area contributed by atoms with Crippen LogP contribution in [0, 0.1) is 5.82 Å². The number of carbonyl (C=O) groups is 3. The summed E-state index contributed by atoms with van der Waals surface area (Å²) in [4.78, 5) is 43.8. The first-order valence-electron chi connectivity index (χ1n) is 11.8. The second kappa shape index (κ2) is 12.4. The van der Waals surface area contributed by atoms with Crippen LogP contribution in [0.5, 0.6) is 5.75 Å². The van der Waals surface area contributed by atoms with Gasteiger partial charge in [0.05, 0.1) is 25.5 Å². The number of esters is 1. The molecule has 10 heteroatoms. The quantitative estimate of drug-likeness (QED) is 0.395. The molecule has 1 aliphatic rings. The number of anilines is 1. The van der Waals surface area contributed by atoms with Crippen molar-refractivity contribution < 1.29 is 28.2 Å². The minimum absolute atomic E-state index is 0.0657. The highest BCUT2D eigenvalue weighted by Crippen LogP contribution is 2.32. The lowest BCUT2D eigenvalue weighted by Crippen LogP contribution is -2.35. The summed E-state index contributed by atoms with van der Waals surface area (Å²) in [5.74, 6) is -0.681. The summed E-state index contributed by atoms with van der Waals surface area (Å²) in [7, 11) is 2.89. The van der Waals surface area contributed by atoms with Gasteiger partial charge in [-0.1, -0.05) is 23.9 Å². The first kappa shape index (κ1) is 26.9. The van der Waals surface area contributed by atoms with E-state index in [9.17, 15) is 18.8 Å². The number of halogens is 1. The molecule has 1 atom stereocenters. The Hall–Kier alpha value is -4.18. The standard InChI is InChI=1S/C28H26FN3O5S/c1-36-23-13-3-18(4-14-23)15-16-32-26(34)24(38-28(32)31-22-11-7-20(29)8-12-22)17-25(33)30-21-9-5-19(6-10-21)27(35)37-2/h3-14,24H,15-17H2,1-2H3,(H,30,33)/t24-/m0/s1. The maximum Gasteiger partial charge on any atom is 0.337 e. The summed E-state index contributed by atoms with van der Waals surface area (Å²) < 4.78 is 23.2. The molecule has 1 N–H and O–H groups in total. The van der Waals surface area contributed by atoms with Crippen molar-refractivity contribution in [1.29, 1.82) is 0 Å². The van der Waals surface area contributed by atoms with E-state index >= 15 is 0 Å². The number of hydrogen-bond donors (Lipinski definition) is 1. The highest BCUT2D eigenvalue weighted by atomic mass is 32.2. The number of rotatable bonds is 9. The van der Waals surface area contributed by atoms with Crippen LogP contribution in [-0.4, -0.2) is 53.9 Å². The molecular formula is C28H26FN3O5S. The van der Waals surface area contributed by atoms with Crippen LogP contribution in [0.4, 0.5) is 15.8 Å². The topological polar surface area (TPSA) is 97.3 Å². The normalized spacial score (nSPS) is 16.0. The lowest BCUT2D eigenvalue weighted by Gasteiger charge is -2.16. The fourth-order valence-corrected chi connectivity index (χ4v) is 4.96. The lowest BCUT2D eigenvalue weighted by atomic mass is 10.1. The fourth-order valence-electron chi connectivity index (χ4n) is 3.78. The molecule has 1 aliphatic heterocycles. The number of nitrogens with zero attached hydrogens (tertiary/aromatic N) is 2. The number of carbonyl (C=O) groups excluding carboxylic acids is 3. The molecular weight excluding hydrogens is 509 g/mol. The van der Waals surface area contributed by atoms with Crippen LogP contribution in [0.3, 0.4) is 0 Å². The van der Waals surface area contributed by atoms with E-state index < -0.39 is 11.2 Å². The van der Waals surface area contributed by atoms with Gasteiger partial charge in [0, 0.05) is 18.7 Å². The minimum atomic E-state index is -0.667. The molecule has 38 heavy (non-hydrogen) atoms. The van der Waals surface area contributed by atoms with Gasteiger partial charge in [-0.25, -0.2) is 14.2 Å². The predicted molar refractivity (Wildman–Crippen MR) is 144 cm³/mol. The second-order valence-electron chi connectivity index (χ2n) is 8.39. The molecule has 8 nitrogen and oxygen atoms in total. The maximum absolute atomic E-state index is 13.4. The third kappa shape index (κ3) is 6.77. The number of ether oxygens (including phenoxy) is 2. The Morgan fingerprint density at radius 2 is 1.68 bits per heavy atom. The summed E-state index contributed by atoms with van der Waals surface area (Å²) in [6.07, 6.45) is 0.508. The van der Waals surface area contributed by atoms with E-state index in [0.29, 0.717) is 35.1 Å². The van der Waals surface area contributed by atoms with Crippen LogP contribution in [0.1, 0.15) is 22.3 Å². The van der Waals surface area contributed by atoms with Crippen LogP contribution in [0.15, 0.2) is 77.8 Å². The molecule has 0 aliphatic carbocycles. The zero-order chi connectivity index (χ0) is 27.1. The molecule has 3 aromatic carbocycles. The van der Waals surface area contributed by atoms with Gasteiger partial charge in [-0.2, -0.15) is 0 Å². The van der Waals surface area contributed by atoms with E-state index in [-0.39, 0.29) is 24.1 Å². The van der Waals surface area contributed by atoms with E-state index in [4.69, 9.17) is 4.74 Å². The number of methoxy groups -OCH3 is 2. The van der Waals surface area contributed by atoms with Crippen LogP contribution in [-0.2, 0) is 20.7 Å². The highest BCUT2D eigenvalue weighted by molar-refractivity contribution is 8.15. The van der Waals surface area contributed by atoms with Gasteiger partial charge in [-0.3, -0.25) is 14.5 Å². The van der Waals surface area contributed by atoms with Gasteiger partial charge in [0.25, 0.3) is 0 Å². The highest BCUT2D eigenvalue weighted by Gasteiger charge is 2.39. The number of thioether (sulfide) groups is 1. The summed E-state index contributed by atoms with van der Waals surface area (Å²) in [5, 5.41) is 2.55. The molecule has 1 fully saturated rings. The predicted octanol–water partition coefficient (Wildman–Crippen LogP) is 4.82. The molecule has 0 spiro atoms. The molecule has 1 heterocycles. The molecule has 4 rings (SSSR count). The van der Waals surface area contributed by atoms with Gasteiger partial charge in [0.15, 0.2) is 5.17 Å².